The highest BCUT2D eigenvalue weighted by Gasteiger charge is 2.35. The van der Waals surface area contributed by atoms with Crippen LogP contribution in [0.4, 0.5) is 0 Å². The summed E-state index contributed by atoms with van der Waals surface area (Å²) in [5, 5.41) is 13.7. The van der Waals surface area contributed by atoms with Gasteiger partial charge in [-0.25, -0.2) is 0 Å². The van der Waals surface area contributed by atoms with Crippen LogP contribution >= 0.6 is 0 Å². The highest BCUT2D eigenvalue weighted by molar-refractivity contribution is 5.47. The van der Waals surface area contributed by atoms with Crippen molar-refractivity contribution in [2.75, 3.05) is 39.7 Å². The molecule has 0 aromatic heterocycles. The van der Waals surface area contributed by atoms with Crippen molar-refractivity contribution in [1.82, 2.24) is 5.32 Å². The summed E-state index contributed by atoms with van der Waals surface area (Å²) in [6.45, 7) is 3.24. The molecule has 6 heteroatoms. The lowest BCUT2D eigenvalue weighted by atomic mass is 9.74. The Balaban J connectivity index is 1.34. The van der Waals surface area contributed by atoms with E-state index in [9.17, 15) is 5.11 Å². The maximum absolute atomic E-state index is 10.3. The molecular formula is C22H27NO5. The van der Waals surface area contributed by atoms with Gasteiger partial charge in [-0.05, 0) is 42.7 Å². The molecule has 0 radical (unpaired) electrons. The Labute approximate surface area is 165 Å². The second kappa shape index (κ2) is 8.82. The fourth-order valence-electron chi connectivity index (χ4n) is 3.80. The lowest BCUT2D eigenvalue weighted by molar-refractivity contribution is 0.0469. The Bertz CT molecular complexity index is 761. The fourth-order valence-corrected chi connectivity index (χ4v) is 3.80. The number of rotatable bonds is 8. The highest BCUT2D eigenvalue weighted by Crippen LogP contribution is 2.40. The van der Waals surface area contributed by atoms with E-state index < -0.39 is 6.10 Å². The molecule has 0 aliphatic carbocycles. The maximum Gasteiger partial charge on any atom is 0.231 e. The number of hydrogen-bond acceptors (Lipinski definition) is 6. The summed E-state index contributed by atoms with van der Waals surface area (Å²) in [7, 11) is 0. The van der Waals surface area contributed by atoms with Gasteiger partial charge in [-0.1, -0.05) is 24.3 Å². The fraction of sp³-hybridized carbons (Fsp3) is 0.455. The second-order valence-electron chi connectivity index (χ2n) is 7.37. The van der Waals surface area contributed by atoms with Crippen LogP contribution in [0.3, 0.4) is 0 Å². The summed E-state index contributed by atoms with van der Waals surface area (Å²) in [5.41, 5.74) is 1.18. The van der Waals surface area contributed by atoms with E-state index in [2.05, 4.69) is 17.4 Å². The molecule has 1 atom stereocenters. The van der Waals surface area contributed by atoms with Crippen molar-refractivity contribution in [2.24, 2.45) is 0 Å². The minimum atomic E-state index is -0.575. The first kappa shape index (κ1) is 19.1. The molecule has 1 fully saturated rings. The molecule has 1 saturated heterocycles. The zero-order chi connectivity index (χ0) is 19.2. The first-order valence-electron chi connectivity index (χ1n) is 9.80. The molecule has 0 bridgehead atoms. The van der Waals surface area contributed by atoms with E-state index in [-0.39, 0.29) is 18.8 Å². The van der Waals surface area contributed by atoms with Gasteiger partial charge in [0.25, 0.3) is 0 Å². The number of hydrogen-bond donors (Lipinski definition) is 2. The number of fused-ring (bicyclic) bond motifs is 1. The Morgan fingerprint density at radius 1 is 1.04 bits per heavy atom. The Morgan fingerprint density at radius 3 is 2.64 bits per heavy atom. The molecule has 2 aliphatic rings. The van der Waals surface area contributed by atoms with Gasteiger partial charge >= 0.3 is 0 Å². The van der Waals surface area contributed by atoms with Crippen LogP contribution < -0.4 is 19.5 Å². The van der Waals surface area contributed by atoms with Crippen molar-refractivity contribution < 1.29 is 24.1 Å². The van der Waals surface area contributed by atoms with Crippen LogP contribution in [0.5, 0.6) is 17.2 Å². The molecule has 0 spiro atoms. The SMILES string of the molecule is OC(CNCC1(c2ccc3c(c2)OCO3)CCOCC1)COc1ccccc1. The van der Waals surface area contributed by atoms with Crippen LogP contribution in [0.1, 0.15) is 18.4 Å². The number of para-hydroxylation sites is 1. The van der Waals surface area contributed by atoms with Gasteiger partial charge < -0.3 is 29.4 Å². The number of benzene rings is 2. The number of nitrogens with one attached hydrogen (secondary N) is 1. The molecule has 2 aromatic carbocycles. The normalized spacial score (nSPS) is 18.6. The van der Waals surface area contributed by atoms with Crippen LogP contribution in [0.25, 0.3) is 0 Å². The molecule has 2 aromatic rings. The zero-order valence-corrected chi connectivity index (χ0v) is 15.9. The average molecular weight is 385 g/mol. The summed E-state index contributed by atoms with van der Waals surface area (Å²) < 4.78 is 22.2. The van der Waals surface area contributed by atoms with E-state index in [1.807, 2.05) is 36.4 Å². The standard InChI is InChI=1S/C22H27NO5/c24-18(14-26-19-4-2-1-3-5-19)13-23-15-22(8-10-25-11-9-22)17-6-7-20-21(12-17)28-16-27-20/h1-7,12,18,23-24H,8-11,13-16H2. The van der Waals surface area contributed by atoms with Crippen LogP contribution in [0, 0.1) is 0 Å². The molecule has 6 nitrogen and oxygen atoms in total. The lowest BCUT2D eigenvalue weighted by Crippen LogP contribution is -2.45. The Kier molecular flexibility index (Phi) is 6.00. The molecule has 1 unspecified atom stereocenters. The number of ether oxygens (including phenoxy) is 4. The molecule has 0 amide bonds. The monoisotopic (exact) mass is 385 g/mol. The third-order valence-corrected chi connectivity index (χ3v) is 5.46. The quantitative estimate of drug-likeness (QED) is 0.728. The van der Waals surface area contributed by atoms with Crippen LogP contribution in [0.2, 0.25) is 0 Å². The molecule has 2 aliphatic heterocycles. The van der Waals surface area contributed by atoms with Crippen molar-refractivity contribution >= 4 is 0 Å². The van der Waals surface area contributed by atoms with E-state index >= 15 is 0 Å². The van der Waals surface area contributed by atoms with E-state index in [1.54, 1.807) is 0 Å². The van der Waals surface area contributed by atoms with Gasteiger partial charge in [-0.2, -0.15) is 0 Å². The third kappa shape index (κ3) is 4.41. The predicted molar refractivity (Wildman–Crippen MR) is 105 cm³/mol. The van der Waals surface area contributed by atoms with Gasteiger partial charge in [0, 0.05) is 31.7 Å². The Morgan fingerprint density at radius 2 is 1.82 bits per heavy atom. The van der Waals surface area contributed by atoms with Gasteiger partial charge in [0.15, 0.2) is 11.5 Å². The molecule has 4 rings (SSSR count). The van der Waals surface area contributed by atoms with Crippen LogP contribution in [-0.4, -0.2) is 50.9 Å². The molecular weight excluding hydrogens is 358 g/mol. The average Bonchev–Trinajstić information content (AvgIpc) is 3.22. The topological polar surface area (TPSA) is 69.2 Å². The van der Waals surface area contributed by atoms with Crippen molar-refractivity contribution in [3.63, 3.8) is 0 Å². The summed E-state index contributed by atoms with van der Waals surface area (Å²) in [5.74, 6) is 2.37. The van der Waals surface area contributed by atoms with Gasteiger partial charge in [0.2, 0.25) is 6.79 Å². The van der Waals surface area contributed by atoms with Gasteiger partial charge in [-0.15, -0.1) is 0 Å². The summed E-state index contributed by atoms with van der Waals surface area (Å²) >= 11 is 0. The van der Waals surface area contributed by atoms with E-state index in [1.165, 1.54) is 5.56 Å². The second-order valence-corrected chi connectivity index (χ2v) is 7.37. The van der Waals surface area contributed by atoms with E-state index in [0.717, 1.165) is 49.8 Å². The van der Waals surface area contributed by atoms with Crippen molar-refractivity contribution in [3.8, 4) is 17.2 Å². The van der Waals surface area contributed by atoms with Crippen molar-refractivity contribution in [3.05, 3.63) is 54.1 Å². The molecule has 0 saturated carbocycles. The summed E-state index contributed by atoms with van der Waals surface area (Å²) in [6.07, 6.45) is 1.28. The maximum atomic E-state index is 10.3. The first-order chi connectivity index (χ1) is 13.8. The van der Waals surface area contributed by atoms with Crippen molar-refractivity contribution in [1.29, 1.82) is 0 Å². The Hall–Kier alpha value is -2.28. The van der Waals surface area contributed by atoms with Crippen LogP contribution in [0.15, 0.2) is 48.5 Å². The van der Waals surface area contributed by atoms with E-state index in [0.29, 0.717) is 6.54 Å². The highest BCUT2D eigenvalue weighted by atomic mass is 16.7. The predicted octanol–water partition coefficient (Wildman–Crippen LogP) is 2.49. The smallest absolute Gasteiger partial charge is 0.231 e. The largest absolute Gasteiger partial charge is 0.491 e. The first-order valence-corrected chi connectivity index (χ1v) is 9.80. The van der Waals surface area contributed by atoms with Gasteiger partial charge in [0.1, 0.15) is 18.5 Å². The number of aliphatic hydroxyl groups is 1. The van der Waals surface area contributed by atoms with Crippen LogP contribution in [-0.2, 0) is 10.2 Å². The molecule has 150 valence electrons. The van der Waals surface area contributed by atoms with Gasteiger partial charge in [0.05, 0.1) is 0 Å². The lowest BCUT2D eigenvalue weighted by Gasteiger charge is -2.38. The third-order valence-electron chi connectivity index (χ3n) is 5.46. The van der Waals surface area contributed by atoms with E-state index in [4.69, 9.17) is 18.9 Å². The number of aliphatic hydroxyl groups excluding tert-OH is 1. The zero-order valence-electron chi connectivity index (χ0n) is 15.9. The molecule has 2 N–H and O–H groups in total. The minimum absolute atomic E-state index is 0.0424. The summed E-state index contributed by atoms with van der Waals surface area (Å²) in [4.78, 5) is 0. The van der Waals surface area contributed by atoms with Crippen molar-refractivity contribution in [2.45, 2.75) is 24.4 Å². The van der Waals surface area contributed by atoms with Gasteiger partial charge in [-0.3, -0.25) is 0 Å². The minimum Gasteiger partial charge on any atom is -0.491 e. The molecule has 2 heterocycles. The molecule has 28 heavy (non-hydrogen) atoms. The summed E-state index contributed by atoms with van der Waals surface area (Å²) in [6, 6.07) is 15.7.